The van der Waals surface area contributed by atoms with Crippen LogP contribution < -0.4 is 10.2 Å². The van der Waals surface area contributed by atoms with Crippen molar-refractivity contribution in [3.8, 4) is 0 Å². The zero-order valence-corrected chi connectivity index (χ0v) is 14.3. The van der Waals surface area contributed by atoms with Crippen LogP contribution in [0.5, 0.6) is 0 Å². The molecule has 0 aliphatic heterocycles. The van der Waals surface area contributed by atoms with Crippen molar-refractivity contribution in [2.75, 3.05) is 23.8 Å². The van der Waals surface area contributed by atoms with Gasteiger partial charge in [-0.25, -0.2) is 0 Å². The maximum absolute atomic E-state index is 2.43. The third kappa shape index (κ3) is 4.32. The third-order valence-electron chi connectivity index (χ3n) is 3.94. The number of hydrogen-bond acceptors (Lipinski definition) is 1. The van der Waals surface area contributed by atoms with Gasteiger partial charge in [-0.3, -0.25) is 0 Å². The van der Waals surface area contributed by atoms with E-state index >= 15 is 0 Å². The van der Waals surface area contributed by atoms with Gasteiger partial charge < -0.3 is 4.90 Å². The van der Waals surface area contributed by atoms with Crippen molar-refractivity contribution in [1.82, 2.24) is 0 Å². The van der Waals surface area contributed by atoms with Crippen molar-refractivity contribution < 1.29 is 0 Å². The molecule has 0 aliphatic carbocycles. The molecule has 2 aromatic rings. The van der Waals surface area contributed by atoms with Crippen LogP contribution in [0.1, 0.15) is 26.3 Å². The first-order chi connectivity index (χ1) is 10.3. The van der Waals surface area contributed by atoms with Crippen molar-refractivity contribution in [3.05, 3.63) is 60.2 Å². The summed E-state index contributed by atoms with van der Waals surface area (Å²) in [4.78, 5) is 2.43. The van der Waals surface area contributed by atoms with E-state index in [1.54, 1.807) is 0 Å². The van der Waals surface area contributed by atoms with Crippen LogP contribution in [0.3, 0.4) is 0 Å². The Bertz CT molecular complexity index is 517. The Hall–Kier alpha value is -1.33. The molecule has 0 radical (unpaired) electrons. The first kappa shape index (κ1) is 16.0. The average molecular weight is 299 g/mol. The topological polar surface area (TPSA) is 3.24 Å². The molecule has 21 heavy (non-hydrogen) atoms. The molecule has 0 spiro atoms. The number of hydrogen-bond donors (Lipinski definition) is 0. The lowest BCUT2D eigenvalue weighted by Crippen LogP contribution is -2.22. The second-order valence-electron chi connectivity index (χ2n) is 5.19. The summed E-state index contributed by atoms with van der Waals surface area (Å²) >= 11 is 0. The van der Waals surface area contributed by atoms with E-state index in [0.717, 1.165) is 13.1 Å². The average Bonchev–Trinajstić information content (AvgIpc) is 2.55. The first-order valence-electron chi connectivity index (χ1n) is 7.92. The van der Waals surface area contributed by atoms with Gasteiger partial charge in [-0.05, 0) is 42.2 Å². The van der Waals surface area contributed by atoms with Gasteiger partial charge in [0.2, 0.25) is 0 Å². The highest BCUT2D eigenvalue weighted by Gasteiger charge is 2.08. The smallest absolute Gasteiger partial charge is 0.0429 e. The predicted octanol–water partition coefficient (Wildman–Crippen LogP) is 4.86. The molecule has 0 bridgehead atoms. The van der Waals surface area contributed by atoms with E-state index in [2.05, 4.69) is 80.3 Å². The molecule has 0 saturated heterocycles. The van der Waals surface area contributed by atoms with E-state index in [9.17, 15) is 0 Å². The fraction of sp³-hybridized carbons (Fsp3) is 0.368. The summed E-state index contributed by atoms with van der Waals surface area (Å²) in [6, 6.07) is 20.0. The maximum Gasteiger partial charge on any atom is 0.0429 e. The number of benzene rings is 2. The summed E-state index contributed by atoms with van der Waals surface area (Å²) in [7, 11) is 0.0461. The van der Waals surface area contributed by atoms with Crippen molar-refractivity contribution in [2.45, 2.75) is 27.3 Å². The van der Waals surface area contributed by atoms with Gasteiger partial charge in [0.25, 0.3) is 0 Å². The van der Waals surface area contributed by atoms with Gasteiger partial charge in [-0.1, -0.05) is 64.2 Å². The van der Waals surface area contributed by atoms with E-state index in [0.29, 0.717) is 0 Å². The minimum Gasteiger partial charge on any atom is -0.367 e. The molecule has 0 atom stereocenters. The molecule has 0 N–H and O–H groups in total. The molecule has 0 amide bonds. The highest BCUT2D eigenvalue weighted by atomic mass is 31.1. The van der Waals surface area contributed by atoms with E-state index in [1.807, 2.05) is 0 Å². The van der Waals surface area contributed by atoms with Gasteiger partial charge in [-0.2, -0.15) is 0 Å². The highest BCUT2D eigenvalue weighted by Crippen LogP contribution is 2.33. The molecular formula is C19H26NP. The molecule has 2 rings (SSSR count). The SMILES string of the molecule is CCN(Cc1ccccc1)c1ccc(P(CC)CC)cc1. The third-order valence-corrected chi connectivity index (χ3v) is 6.50. The Morgan fingerprint density at radius 2 is 1.43 bits per heavy atom. The largest absolute Gasteiger partial charge is 0.367 e. The van der Waals surface area contributed by atoms with Crippen LogP contribution in [0, 0.1) is 0 Å². The van der Waals surface area contributed by atoms with Crippen molar-refractivity contribution >= 4 is 18.9 Å². The van der Waals surface area contributed by atoms with E-state index in [-0.39, 0.29) is 7.92 Å². The van der Waals surface area contributed by atoms with Crippen LogP contribution >= 0.6 is 7.92 Å². The first-order valence-corrected chi connectivity index (χ1v) is 9.63. The molecule has 0 heterocycles. The zero-order valence-electron chi connectivity index (χ0n) is 13.4. The Kier molecular flexibility index (Phi) is 6.26. The molecule has 2 heteroatoms. The molecule has 0 unspecified atom stereocenters. The lowest BCUT2D eigenvalue weighted by atomic mass is 10.2. The minimum atomic E-state index is 0.0461. The van der Waals surface area contributed by atoms with Crippen molar-refractivity contribution in [2.24, 2.45) is 0 Å². The summed E-state index contributed by atoms with van der Waals surface area (Å²) in [6.07, 6.45) is 2.57. The summed E-state index contributed by atoms with van der Waals surface area (Å²) in [5.74, 6) is 0. The van der Waals surface area contributed by atoms with E-state index in [4.69, 9.17) is 0 Å². The summed E-state index contributed by atoms with van der Waals surface area (Å²) in [6.45, 7) is 8.84. The second-order valence-corrected chi connectivity index (χ2v) is 8.05. The van der Waals surface area contributed by atoms with Crippen LogP contribution in [0.2, 0.25) is 0 Å². The standard InChI is InChI=1S/C19H26NP/c1-4-20(16-17-10-8-7-9-11-17)18-12-14-19(15-13-18)21(5-2)6-3/h7-15H,4-6,16H2,1-3H3. The van der Waals surface area contributed by atoms with Gasteiger partial charge >= 0.3 is 0 Å². The summed E-state index contributed by atoms with van der Waals surface area (Å²) in [5.41, 5.74) is 2.69. The molecule has 2 aromatic carbocycles. The number of anilines is 1. The molecule has 0 aliphatic rings. The van der Waals surface area contributed by atoms with Crippen molar-refractivity contribution in [3.63, 3.8) is 0 Å². The zero-order chi connectivity index (χ0) is 15.1. The second kappa shape index (κ2) is 8.20. The van der Waals surface area contributed by atoms with Gasteiger partial charge in [0.05, 0.1) is 0 Å². The van der Waals surface area contributed by atoms with Crippen LogP contribution in [-0.4, -0.2) is 18.9 Å². The van der Waals surface area contributed by atoms with Gasteiger partial charge in [-0.15, -0.1) is 0 Å². The monoisotopic (exact) mass is 299 g/mol. The maximum atomic E-state index is 2.43. The molecule has 0 saturated carbocycles. The molecule has 0 fully saturated rings. The van der Waals surface area contributed by atoms with Crippen LogP contribution in [0.25, 0.3) is 0 Å². The fourth-order valence-corrected chi connectivity index (χ4v) is 4.40. The quantitative estimate of drug-likeness (QED) is 0.660. The summed E-state index contributed by atoms with van der Waals surface area (Å²) in [5, 5.41) is 1.54. The lowest BCUT2D eigenvalue weighted by Gasteiger charge is -2.24. The molecule has 0 aromatic heterocycles. The van der Waals surface area contributed by atoms with Gasteiger partial charge in [0.15, 0.2) is 0 Å². The number of nitrogens with zero attached hydrogens (tertiary/aromatic N) is 1. The fourth-order valence-electron chi connectivity index (χ4n) is 2.65. The normalized spacial score (nSPS) is 10.9. The Morgan fingerprint density at radius 1 is 0.810 bits per heavy atom. The lowest BCUT2D eigenvalue weighted by molar-refractivity contribution is 0.832. The van der Waals surface area contributed by atoms with Crippen LogP contribution in [0.4, 0.5) is 5.69 Å². The Morgan fingerprint density at radius 3 is 1.95 bits per heavy atom. The Balaban J connectivity index is 2.12. The van der Waals surface area contributed by atoms with Gasteiger partial charge in [0, 0.05) is 18.8 Å². The van der Waals surface area contributed by atoms with Crippen LogP contribution in [-0.2, 0) is 6.54 Å². The van der Waals surface area contributed by atoms with Gasteiger partial charge in [0.1, 0.15) is 0 Å². The van der Waals surface area contributed by atoms with E-state index in [1.165, 1.54) is 28.9 Å². The molecular weight excluding hydrogens is 273 g/mol. The van der Waals surface area contributed by atoms with Crippen LogP contribution in [0.15, 0.2) is 54.6 Å². The van der Waals surface area contributed by atoms with Crippen molar-refractivity contribution in [1.29, 1.82) is 0 Å². The highest BCUT2D eigenvalue weighted by molar-refractivity contribution is 7.65. The predicted molar refractivity (Wildman–Crippen MR) is 97.2 cm³/mol. The molecule has 112 valence electrons. The summed E-state index contributed by atoms with van der Waals surface area (Å²) < 4.78 is 0. The van der Waals surface area contributed by atoms with E-state index < -0.39 is 0 Å². The Labute approximate surface area is 130 Å². The number of rotatable bonds is 7. The molecule has 1 nitrogen and oxygen atoms in total. The minimum absolute atomic E-state index is 0.0461.